The number of hydrogen-bond donors (Lipinski definition) is 1. The number of hydrogen-bond acceptors (Lipinski definition) is 2. The molecule has 0 aliphatic heterocycles. The first kappa shape index (κ1) is 13.8. The quantitative estimate of drug-likeness (QED) is 0.888. The lowest BCUT2D eigenvalue weighted by atomic mass is 10.2. The van der Waals surface area contributed by atoms with Crippen LogP contribution in [0.25, 0.3) is 0 Å². The van der Waals surface area contributed by atoms with Gasteiger partial charge in [-0.2, -0.15) is 0 Å². The van der Waals surface area contributed by atoms with Gasteiger partial charge in [0, 0.05) is 6.04 Å². The van der Waals surface area contributed by atoms with Gasteiger partial charge in [-0.3, -0.25) is 4.79 Å². The number of rotatable bonds is 5. The largest absolute Gasteiger partial charge is 0.481 e. The minimum Gasteiger partial charge on any atom is -0.481 e. The van der Waals surface area contributed by atoms with Gasteiger partial charge in [0.15, 0.2) is 6.10 Å². The Bertz CT molecular complexity index is 413. The van der Waals surface area contributed by atoms with Crippen molar-refractivity contribution >= 4 is 5.91 Å². The summed E-state index contributed by atoms with van der Waals surface area (Å²) in [6.45, 7) is 1.91. The molecule has 19 heavy (non-hydrogen) atoms. The average molecular weight is 265 g/mol. The predicted molar refractivity (Wildman–Crippen MR) is 71.5 cm³/mol. The molecule has 0 heterocycles. The monoisotopic (exact) mass is 265 g/mol. The molecule has 0 radical (unpaired) electrons. The molecule has 1 saturated carbocycles. The van der Waals surface area contributed by atoms with E-state index in [1.807, 2.05) is 6.92 Å². The predicted octanol–water partition coefficient (Wildman–Crippen LogP) is 3.04. The number of nitrogens with one attached hydrogen (secondary N) is 1. The van der Waals surface area contributed by atoms with Crippen molar-refractivity contribution in [3.8, 4) is 5.75 Å². The first-order valence-electron chi connectivity index (χ1n) is 6.91. The maximum absolute atomic E-state index is 12.8. The Kier molecular flexibility index (Phi) is 4.77. The Morgan fingerprint density at radius 2 is 2.00 bits per heavy atom. The summed E-state index contributed by atoms with van der Waals surface area (Å²) in [6, 6.07) is 6.04. The van der Waals surface area contributed by atoms with E-state index in [0.717, 1.165) is 12.8 Å². The maximum atomic E-state index is 12.8. The molecule has 4 heteroatoms. The van der Waals surface area contributed by atoms with Gasteiger partial charge in [0.2, 0.25) is 0 Å². The lowest BCUT2D eigenvalue weighted by molar-refractivity contribution is -0.128. The Hall–Kier alpha value is -1.58. The minimum absolute atomic E-state index is 0.0706. The Balaban J connectivity index is 1.91. The van der Waals surface area contributed by atoms with Crippen LogP contribution in [0.2, 0.25) is 0 Å². The zero-order valence-electron chi connectivity index (χ0n) is 11.2. The fraction of sp³-hybridized carbons (Fsp3) is 0.533. The summed E-state index contributed by atoms with van der Waals surface area (Å²) in [5, 5.41) is 3.02. The topological polar surface area (TPSA) is 38.3 Å². The van der Waals surface area contributed by atoms with Crippen LogP contribution in [0, 0.1) is 5.82 Å². The van der Waals surface area contributed by atoms with Crippen LogP contribution in [0.4, 0.5) is 4.39 Å². The molecule has 1 aromatic rings. The fourth-order valence-electron chi connectivity index (χ4n) is 2.36. The van der Waals surface area contributed by atoms with E-state index in [1.54, 1.807) is 12.1 Å². The van der Waals surface area contributed by atoms with Crippen molar-refractivity contribution in [2.75, 3.05) is 0 Å². The van der Waals surface area contributed by atoms with Gasteiger partial charge in [-0.1, -0.05) is 19.8 Å². The van der Waals surface area contributed by atoms with Crippen molar-refractivity contribution in [1.82, 2.24) is 5.32 Å². The van der Waals surface area contributed by atoms with E-state index in [-0.39, 0.29) is 11.7 Å². The van der Waals surface area contributed by atoms with Crippen LogP contribution in [-0.2, 0) is 4.79 Å². The number of carbonyl (C=O) groups is 1. The van der Waals surface area contributed by atoms with Gasteiger partial charge in [-0.15, -0.1) is 0 Å². The zero-order chi connectivity index (χ0) is 13.7. The van der Waals surface area contributed by atoms with E-state index in [2.05, 4.69) is 5.32 Å². The fourth-order valence-corrected chi connectivity index (χ4v) is 2.36. The Morgan fingerprint density at radius 1 is 1.37 bits per heavy atom. The number of halogens is 1. The van der Waals surface area contributed by atoms with Crippen LogP contribution >= 0.6 is 0 Å². The van der Waals surface area contributed by atoms with E-state index < -0.39 is 6.10 Å². The number of ether oxygens (including phenoxy) is 1. The molecule has 1 aliphatic rings. The highest BCUT2D eigenvalue weighted by molar-refractivity contribution is 5.81. The second kappa shape index (κ2) is 6.55. The van der Waals surface area contributed by atoms with Crippen molar-refractivity contribution in [3.63, 3.8) is 0 Å². The van der Waals surface area contributed by atoms with Crippen LogP contribution in [0.5, 0.6) is 5.75 Å². The standard InChI is InChI=1S/C15H20FNO2/c1-2-14(15(18)17-12-5-3-4-6-12)19-13-9-7-11(16)8-10-13/h7-10,12,14H,2-6H2,1H3,(H,17,18)/t14-/m1/s1. The third-order valence-electron chi connectivity index (χ3n) is 3.46. The van der Waals surface area contributed by atoms with Crippen molar-refractivity contribution in [2.24, 2.45) is 0 Å². The summed E-state index contributed by atoms with van der Waals surface area (Å²) in [6.07, 6.45) is 4.56. The first-order chi connectivity index (χ1) is 9.19. The smallest absolute Gasteiger partial charge is 0.261 e. The van der Waals surface area contributed by atoms with Gasteiger partial charge in [-0.05, 0) is 43.5 Å². The van der Waals surface area contributed by atoms with Gasteiger partial charge in [-0.25, -0.2) is 4.39 Å². The average Bonchev–Trinajstić information content (AvgIpc) is 2.90. The Labute approximate surface area is 113 Å². The summed E-state index contributed by atoms with van der Waals surface area (Å²) in [5.74, 6) is 0.143. The van der Waals surface area contributed by atoms with Gasteiger partial charge in [0.05, 0.1) is 0 Å². The van der Waals surface area contributed by atoms with E-state index >= 15 is 0 Å². The molecule has 0 saturated heterocycles. The molecular formula is C15H20FNO2. The van der Waals surface area contributed by atoms with Crippen molar-refractivity contribution in [3.05, 3.63) is 30.1 Å². The highest BCUT2D eigenvalue weighted by Crippen LogP contribution is 2.19. The van der Waals surface area contributed by atoms with Crippen LogP contribution in [0.15, 0.2) is 24.3 Å². The molecule has 1 amide bonds. The molecule has 1 fully saturated rings. The molecule has 0 aromatic heterocycles. The van der Waals surface area contributed by atoms with E-state index in [4.69, 9.17) is 4.74 Å². The highest BCUT2D eigenvalue weighted by Gasteiger charge is 2.23. The van der Waals surface area contributed by atoms with Crippen LogP contribution < -0.4 is 10.1 Å². The van der Waals surface area contributed by atoms with Crippen LogP contribution in [-0.4, -0.2) is 18.1 Å². The second-order valence-corrected chi connectivity index (χ2v) is 4.96. The SMILES string of the molecule is CC[C@@H](Oc1ccc(F)cc1)C(=O)NC1CCCC1. The molecular weight excluding hydrogens is 245 g/mol. The molecule has 0 unspecified atom stereocenters. The number of amides is 1. The summed E-state index contributed by atoms with van der Waals surface area (Å²) in [4.78, 5) is 12.1. The number of carbonyl (C=O) groups excluding carboxylic acids is 1. The molecule has 1 N–H and O–H groups in total. The second-order valence-electron chi connectivity index (χ2n) is 4.96. The lowest BCUT2D eigenvalue weighted by Crippen LogP contribution is -2.42. The maximum Gasteiger partial charge on any atom is 0.261 e. The normalized spacial score (nSPS) is 17.2. The molecule has 104 valence electrons. The van der Waals surface area contributed by atoms with Gasteiger partial charge < -0.3 is 10.1 Å². The van der Waals surface area contributed by atoms with E-state index in [9.17, 15) is 9.18 Å². The van der Waals surface area contributed by atoms with Gasteiger partial charge in [0.1, 0.15) is 11.6 Å². The summed E-state index contributed by atoms with van der Waals surface area (Å²) < 4.78 is 18.4. The molecule has 1 aliphatic carbocycles. The molecule has 1 atom stereocenters. The molecule has 3 nitrogen and oxygen atoms in total. The minimum atomic E-state index is -0.508. The van der Waals surface area contributed by atoms with Crippen molar-refractivity contribution in [2.45, 2.75) is 51.2 Å². The molecule has 1 aromatic carbocycles. The molecule has 0 bridgehead atoms. The molecule has 0 spiro atoms. The summed E-state index contributed by atoms with van der Waals surface area (Å²) in [7, 11) is 0. The highest BCUT2D eigenvalue weighted by atomic mass is 19.1. The van der Waals surface area contributed by atoms with Gasteiger partial charge >= 0.3 is 0 Å². The van der Waals surface area contributed by atoms with Crippen molar-refractivity contribution < 1.29 is 13.9 Å². The van der Waals surface area contributed by atoms with E-state index in [1.165, 1.54) is 25.0 Å². The van der Waals surface area contributed by atoms with Crippen LogP contribution in [0.3, 0.4) is 0 Å². The first-order valence-corrected chi connectivity index (χ1v) is 6.91. The van der Waals surface area contributed by atoms with Gasteiger partial charge in [0.25, 0.3) is 5.91 Å². The summed E-state index contributed by atoms with van der Waals surface area (Å²) >= 11 is 0. The van der Waals surface area contributed by atoms with Crippen LogP contribution in [0.1, 0.15) is 39.0 Å². The third-order valence-corrected chi connectivity index (χ3v) is 3.46. The zero-order valence-corrected chi connectivity index (χ0v) is 11.2. The Morgan fingerprint density at radius 3 is 2.58 bits per heavy atom. The molecule has 2 rings (SSSR count). The number of benzene rings is 1. The van der Waals surface area contributed by atoms with E-state index in [0.29, 0.717) is 18.2 Å². The van der Waals surface area contributed by atoms with Crippen molar-refractivity contribution in [1.29, 1.82) is 0 Å². The summed E-state index contributed by atoms with van der Waals surface area (Å²) in [5.41, 5.74) is 0. The lowest BCUT2D eigenvalue weighted by Gasteiger charge is -2.20. The third kappa shape index (κ3) is 3.94.